The number of aromatic carboxylic acids is 1. The van der Waals surface area contributed by atoms with Crippen LogP contribution in [0.1, 0.15) is 48.5 Å². The van der Waals surface area contributed by atoms with Gasteiger partial charge in [0.15, 0.2) is 0 Å². The first-order valence-corrected chi connectivity index (χ1v) is 10.9. The van der Waals surface area contributed by atoms with E-state index in [1.54, 1.807) is 48.5 Å². The molecule has 0 aromatic heterocycles. The lowest BCUT2D eigenvalue weighted by Crippen LogP contribution is -2.14. The van der Waals surface area contributed by atoms with Gasteiger partial charge in [0.2, 0.25) is 0 Å². The largest absolute Gasteiger partial charge is 0.478 e. The van der Waals surface area contributed by atoms with Crippen molar-refractivity contribution in [1.29, 1.82) is 5.26 Å². The lowest BCUT2D eigenvalue weighted by Gasteiger charge is -2.13. The second-order valence-corrected chi connectivity index (χ2v) is 8.05. The molecule has 0 aliphatic rings. The van der Waals surface area contributed by atoms with Gasteiger partial charge in [0, 0.05) is 17.7 Å². The van der Waals surface area contributed by atoms with Gasteiger partial charge in [0.05, 0.1) is 17.2 Å². The Morgan fingerprint density at radius 2 is 1.54 bits per heavy atom. The Morgan fingerprint density at radius 1 is 0.800 bits per heavy atom. The molecule has 35 heavy (non-hydrogen) atoms. The molecule has 0 spiro atoms. The Bertz CT molecular complexity index is 1460. The molecule has 172 valence electrons. The molecule has 0 unspecified atom stereocenters. The fourth-order valence-electron chi connectivity index (χ4n) is 3.86. The Morgan fingerprint density at radius 3 is 2.29 bits per heavy atom. The van der Waals surface area contributed by atoms with Crippen LogP contribution < -0.4 is 5.32 Å². The van der Waals surface area contributed by atoms with Crippen LogP contribution in [0.3, 0.4) is 0 Å². The topological polar surface area (TPSA) is 90.2 Å². The van der Waals surface area contributed by atoms with Crippen LogP contribution >= 0.6 is 0 Å². The monoisotopic (exact) mass is 464 g/mol. The maximum absolute atomic E-state index is 14.2. The third-order valence-corrected chi connectivity index (χ3v) is 5.66. The number of nitrogens with zero attached hydrogens (tertiary/aromatic N) is 1. The number of hydrogen-bond donors (Lipinski definition) is 2. The summed E-state index contributed by atoms with van der Waals surface area (Å²) in [5.41, 5.74) is 4.06. The molecule has 4 aromatic rings. The van der Waals surface area contributed by atoms with Crippen LogP contribution in [0.25, 0.3) is 0 Å². The normalized spacial score (nSPS) is 10.4. The first kappa shape index (κ1) is 23.4. The molecule has 4 aromatic carbocycles. The second kappa shape index (κ2) is 10.4. The van der Waals surface area contributed by atoms with Crippen LogP contribution in [0.2, 0.25) is 0 Å². The van der Waals surface area contributed by atoms with Crippen LogP contribution in [-0.4, -0.2) is 17.0 Å². The fraction of sp³-hybridized carbons (Fsp3) is 0.0690. The van der Waals surface area contributed by atoms with Gasteiger partial charge in [-0.1, -0.05) is 48.5 Å². The zero-order chi connectivity index (χ0) is 24.8. The lowest BCUT2D eigenvalue weighted by atomic mass is 9.98. The number of hydrogen-bond acceptors (Lipinski definition) is 3. The molecule has 6 heteroatoms. The molecule has 0 bridgehead atoms. The highest BCUT2D eigenvalue weighted by molar-refractivity contribution is 6.05. The van der Waals surface area contributed by atoms with E-state index < -0.39 is 11.8 Å². The van der Waals surface area contributed by atoms with Crippen LogP contribution in [-0.2, 0) is 12.8 Å². The average molecular weight is 464 g/mol. The molecule has 5 nitrogen and oxygen atoms in total. The standard InChI is InChI=1S/C29H21FN2O3/c30-26-11-4-3-8-21(26)16-25-17-23(29(34)35)12-13-27(25)32-28(33)22-10-5-6-19(15-22)14-20-7-1-2-9-24(20)18-31/h1-13,15,17H,14,16H2,(H,32,33)(H,34,35). The summed E-state index contributed by atoms with van der Waals surface area (Å²) >= 11 is 0. The highest BCUT2D eigenvalue weighted by atomic mass is 19.1. The van der Waals surface area contributed by atoms with Gasteiger partial charge >= 0.3 is 5.97 Å². The van der Waals surface area contributed by atoms with Crippen molar-refractivity contribution in [3.05, 3.63) is 136 Å². The first-order valence-electron chi connectivity index (χ1n) is 10.9. The van der Waals surface area contributed by atoms with Crippen LogP contribution in [0.4, 0.5) is 10.1 Å². The quantitative estimate of drug-likeness (QED) is 0.360. The van der Waals surface area contributed by atoms with E-state index in [0.717, 1.165) is 11.1 Å². The summed E-state index contributed by atoms with van der Waals surface area (Å²) in [6, 6.07) is 27.2. The van der Waals surface area contributed by atoms with Crippen LogP contribution in [0.15, 0.2) is 91.0 Å². The molecular weight excluding hydrogens is 443 g/mol. The van der Waals surface area contributed by atoms with Crippen molar-refractivity contribution in [3.8, 4) is 6.07 Å². The van der Waals surface area contributed by atoms with Gasteiger partial charge in [-0.3, -0.25) is 4.79 Å². The first-order chi connectivity index (χ1) is 16.9. The fourth-order valence-corrected chi connectivity index (χ4v) is 3.86. The summed E-state index contributed by atoms with van der Waals surface area (Å²) in [6.07, 6.45) is 0.616. The van der Waals surface area contributed by atoms with E-state index >= 15 is 0 Å². The van der Waals surface area contributed by atoms with Gasteiger partial charge in [-0.2, -0.15) is 5.26 Å². The summed E-state index contributed by atoms with van der Waals surface area (Å²) in [6.45, 7) is 0. The maximum Gasteiger partial charge on any atom is 0.335 e. The molecule has 1 amide bonds. The lowest BCUT2D eigenvalue weighted by molar-refractivity contribution is 0.0696. The van der Waals surface area contributed by atoms with Crippen LogP contribution in [0, 0.1) is 17.1 Å². The van der Waals surface area contributed by atoms with E-state index in [1.807, 2.05) is 18.2 Å². The van der Waals surface area contributed by atoms with Crippen molar-refractivity contribution in [2.24, 2.45) is 0 Å². The number of benzene rings is 4. The molecule has 0 heterocycles. The Labute approximate surface area is 202 Å². The molecule has 0 atom stereocenters. The van der Waals surface area contributed by atoms with Gasteiger partial charge in [-0.25, -0.2) is 9.18 Å². The van der Waals surface area contributed by atoms with Crippen molar-refractivity contribution < 1.29 is 19.1 Å². The van der Waals surface area contributed by atoms with Gasteiger partial charge < -0.3 is 10.4 Å². The highest BCUT2D eigenvalue weighted by Gasteiger charge is 2.15. The highest BCUT2D eigenvalue weighted by Crippen LogP contribution is 2.24. The number of nitriles is 1. The van der Waals surface area contributed by atoms with E-state index in [1.165, 1.54) is 24.3 Å². The smallest absolute Gasteiger partial charge is 0.335 e. The average Bonchev–Trinajstić information content (AvgIpc) is 2.86. The minimum absolute atomic E-state index is 0.0486. The maximum atomic E-state index is 14.2. The number of carboxylic acids is 1. The van der Waals surface area contributed by atoms with Gasteiger partial charge in [0.25, 0.3) is 5.91 Å². The summed E-state index contributed by atoms with van der Waals surface area (Å²) in [5.74, 6) is -1.89. The molecule has 0 aliphatic carbocycles. The molecule has 0 saturated heterocycles. The summed E-state index contributed by atoms with van der Waals surface area (Å²) < 4.78 is 14.2. The van der Waals surface area contributed by atoms with Gasteiger partial charge in [-0.05, 0) is 71.1 Å². The Balaban J connectivity index is 1.60. The van der Waals surface area contributed by atoms with Crippen LogP contribution in [0.5, 0.6) is 0 Å². The van der Waals surface area contributed by atoms with Gasteiger partial charge in [0.1, 0.15) is 5.82 Å². The Kier molecular flexibility index (Phi) is 6.99. The van der Waals surface area contributed by atoms with Crippen molar-refractivity contribution in [3.63, 3.8) is 0 Å². The summed E-state index contributed by atoms with van der Waals surface area (Å²) in [4.78, 5) is 24.6. The molecular formula is C29H21FN2O3. The van der Waals surface area contributed by atoms with E-state index in [4.69, 9.17) is 0 Å². The second-order valence-electron chi connectivity index (χ2n) is 8.05. The predicted molar refractivity (Wildman–Crippen MR) is 131 cm³/mol. The van der Waals surface area contributed by atoms with Crippen molar-refractivity contribution in [1.82, 2.24) is 0 Å². The number of nitrogens with one attached hydrogen (secondary N) is 1. The zero-order valence-electron chi connectivity index (χ0n) is 18.7. The van der Waals surface area contributed by atoms with E-state index in [9.17, 15) is 24.3 Å². The third-order valence-electron chi connectivity index (χ3n) is 5.66. The van der Waals surface area contributed by atoms with E-state index in [0.29, 0.717) is 34.4 Å². The number of carbonyl (C=O) groups excluding carboxylic acids is 1. The number of amides is 1. The zero-order valence-corrected chi connectivity index (χ0v) is 18.7. The molecule has 0 saturated carbocycles. The number of rotatable bonds is 7. The van der Waals surface area contributed by atoms with Crippen molar-refractivity contribution >= 4 is 17.6 Å². The number of halogens is 1. The molecule has 2 N–H and O–H groups in total. The summed E-state index contributed by atoms with van der Waals surface area (Å²) in [7, 11) is 0. The Hall–Kier alpha value is -4.76. The molecule has 4 rings (SSSR count). The molecule has 0 fully saturated rings. The molecule has 0 radical (unpaired) electrons. The minimum Gasteiger partial charge on any atom is -0.478 e. The number of anilines is 1. The predicted octanol–water partition coefficient (Wildman–Crippen LogP) is 5.83. The minimum atomic E-state index is -1.11. The summed E-state index contributed by atoms with van der Waals surface area (Å²) in [5, 5.41) is 21.6. The number of carbonyl (C=O) groups is 2. The SMILES string of the molecule is N#Cc1ccccc1Cc1cccc(C(=O)Nc2ccc(C(=O)O)cc2Cc2ccccc2F)c1. The van der Waals surface area contributed by atoms with E-state index in [-0.39, 0.29) is 17.9 Å². The van der Waals surface area contributed by atoms with Crippen molar-refractivity contribution in [2.45, 2.75) is 12.8 Å². The molecule has 0 aliphatic heterocycles. The van der Waals surface area contributed by atoms with Gasteiger partial charge in [-0.15, -0.1) is 0 Å². The van der Waals surface area contributed by atoms with Crippen molar-refractivity contribution in [2.75, 3.05) is 5.32 Å². The van der Waals surface area contributed by atoms with E-state index in [2.05, 4.69) is 11.4 Å². The number of carboxylic acid groups (broad SMARTS) is 1. The third kappa shape index (κ3) is 5.60.